The van der Waals surface area contributed by atoms with E-state index in [9.17, 15) is 0 Å². The third-order valence-corrected chi connectivity index (χ3v) is 3.98. The zero-order valence-electron chi connectivity index (χ0n) is 15.1. The molecule has 0 saturated heterocycles. The minimum absolute atomic E-state index is 0.559. The van der Waals surface area contributed by atoms with Crippen LogP contribution in [0, 0.1) is 0 Å². The first kappa shape index (κ1) is 20.6. The van der Waals surface area contributed by atoms with E-state index < -0.39 is 0 Å². The molecule has 5 nitrogen and oxygen atoms in total. The predicted octanol–water partition coefficient (Wildman–Crippen LogP) is 2.91. The van der Waals surface area contributed by atoms with E-state index in [1.807, 2.05) is 30.0 Å². The first-order valence-electron chi connectivity index (χ1n) is 8.52. The minimum atomic E-state index is 0.559. The van der Waals surface area contributed by atoms with E-state index in [4.69, 9.17) is 9.47 Å². The second-order valence-electron chi connectivity index (χ2n) is 5.31. The molecule has 2 N–H and O–H groups in total. The van der Waals surface area contributed by atoms with E-state index in [1.54, 1.807) is 7.11 Å². The third-order valence-electron chi connectivity index (χ3n) is 3.29. The van der Waals surface area contributed by atoms with Gasteiger partial charge in [0.1, 0.15) is 12.4 Å². The molecule has 0 atom stereocenters. The lowest BCUT2D eigenvalue weighted by atomic mass is 10.2. The van der Waals surface area contributed by atoms with Gasteiger partial charge in [0, 0.05) is 20.2 Å². The van der Waals surface area contributed by atoms with E-state index in [1.165, 1.54) is 12.2 Å². The van der Waals surface area contributed by atoms with Crippen molar-refractivity contribution in [3.8, 4) is 5.75 Å². The van der Waals surface area contributed by atoms with Crippen LogP contribution in [0.25, 0.3) is 0 Å². The van der Waals surface area contributed by atoms with Gasteiger partial charge in [0.15, 0.2) is 5.96 Å². The number of guanidine groups is 1. The largest absolute Gasteiger partial charge is 0.491 e. The van der Waals surface area contributed by atoms with Crippen LogP contribution in [0.2, 0.25) is 0 Å². The average Bonchev–Trinajstić information content (AvgIpc) is 2.60. The number of thioether (sulfide) groups is 1. The van der Waals surface area contributed by atoms with Crippen LogP contribution in [-0.4, -0.2) is 51.4 Å². The smallest absolute Gasteiger partial charge is 0.191 e. The van der Waals surface area contributed by atoms with Gasteiger partial charge in [0.2, 0.25) is 0 Å². The Balaban J connectivity index is 2.47. The highest BCUT2D eigenvalue weighted by Gasteiger charge is 2.00. The van der Waals surface area contributed by atoms with Gasteiger partial charge >= 0.3 is 0 Å². The Morgan fingerprint density at radius 2 is 2.08 bits per heavy atom. The maximum Gasteiger partial charge on any atom is 0.191 e. The minimum Gasteiger partial charge on any atom is -0.491 e. The summed E-state index contributed by atoms with van der Waals surface area (Å²) >= 11 is 1.89. The van der Waals surface area contributed by atoms with Crippen molar-refractivity contribution in [2.24, 2.45) is 4.99 Å². The van der Waals surface area contributed by atoms with Crippen molar-refractivity contribution >= 4 is 17.7 Å². The Hall–Kier alpha value is -1.40. The Bertz CT molecular complexity index is 469. The van der Waals surface area contributed by atoms with Crippen molar-refractivity contribution in [1.82, 2.24) is 10.6 Å². The maximum absolute atomic E-state index is 5.64. The van der Waals surface area contributed by atoms with Gasteiger partial charge in [0.05, 0.1) is 13.2 Å². The van der Waals surface area contributed by atoms with Crippen LogP contribution < -0.4 is 15.4 Å². The molecule has 1 aromatic carbocycles. The Morgan fingerprint density at radius 1 is 1.21 bits per heavy atom. The third kappa shape index (κ3) is 9.67. The molecule has 1 rings (SSSR count). The summed E-state index contributed by atoms with van der Waals surface area (Å²) in [4.78, 5) is 4.65. The lowest BCUT2D eigenvalue weighted by molar-refractivity contribution is 0.146. The standard InChI is InChI=1S/C18H31N3O2S/c1-4-19-18(20-10-5-6-13-24-3)21-15-16-8-7-9-17(14-16)23-12-11-22-2/h7-9,14H,4-6,10-13,15H2,1-3H3,(H2,19,20,21). The van der Waals surface area contributed by atoms with Crippen LogP contribution >= 0.6 is 11.8 Å². The molecule has 0 heterocycles. The maximum atomic E-state index is 5.64. The molecule has 6 heteroatoms. The summed E-state index contributed by atoms with van der Waals surface area (Å²) in [6.07, 6.45) is 4.54. The van der Waals surface area contributed by atoms with Crippen molar-refractivity contribution in [3.63, 3.8) is 0 Å². The predicted molar refractivity (Wildman–Crippen MR) is 104 cm³/mol. The molecule has 136 valence electrons. The number of ether oxygens (including phenoxy) is 2. The number of nitrogens with one attached hydrogen (secondary N) is 2. The topological polar surface area (TPSA) is 54.9 Å². The van der Waals surface area contributed by atoms with E-state index in [0.29, 0.717) is 19.8 Å². The number of methoxy groups -OCH3 is 1. The van der Waals surface area contributed by atoms with Crippen molar-refractivity contribution in [3.05, 3.63) is 29.8 Å². The summed E-state index contributed by atoms with van der Waals surface area (Å²) in [5, 5.41) is 6.67. The zero-order chi connectivity index (χ0) is 17.5. The van der Waals surface area contributed by atoms with Crippen LogP contribution in [0.1, 0.15) is 25.3 Å². The molecule has 0 aliphatic rings. The molecule has 0 aliphatic heterocycles. The van der Waals surface area contributed by atoms with Gasteiger partial charge in [-0.1, -0.05) is 12.1 Å². The number of aliphatic imine (C=N–C) groups is 1. The number of unbranched alkanes of at least 4 members (excludes halogenated alkanes) is 1. The molecular weight excluding hydrogens is 322 g/mol. The van der Waals surface area contributed by atoms with Crippen molar-refractivity contribution in [1.29, 1.82) is 0 Å². The highest BCUT2D eigenvalue weighted by Crippen LogP contribution is 2.14. The molecule has 0 aromatic heterocycles. The Kier molecular flexibility index (Phi) is 12.0. The van der Waals surface area contributed by atoms with Crippen molar-refractivity contribution in [2.75, 3.05) is 45.4 Å². The summed E-state index contributed by atoms with van der Waals surface area (Å²) in [7, 11) is 1.67. The van der Waals surface area contributed by atoms with Crippen LogP contribution in [-0.2, 0) is 11.3 Å². The van der Waals surface area contributed by atoms with Gasteiger partial charge in [-0.25, -0.2) is 4.99 Å². The summed E-state index contributed by atoms with van der Waals surface area (Å²) in [5.74, 6) is 2.94. The second-order valence-corrected chi connectivity index (χ2v) is 6.30. The number of nitrogens with zero attached hydrogens (tertiary/aromatic N) is 1. The highest BCUT2D eigenvalue weighted by atomic mass is 32.2. The summed E-state index contributed by atoms with van der Waals surface area (Å²) in [5.41, 5.74) is 1.13. The monoisotopic (exact) mass is 353 g/mol. The van der Waals surface area contributed by atoms with Crippen LogP contribution in [0.5, 0.6) is 5.75 Å². The first-order chi connectivity index (χ1) is 11.8. The number of hydrogen-bond acceptors (Lipinski definition) is 4. The summed E-state index contributed by atoms with van der Waals surface area (Å²) in [6.45, 7) is 5.66. The van der Waals surface area contributed by atoms with Crippen molar-refractivity contribution < 1.29 is 9.47 Å². The van der Waals surface area contributed by atoms with E-state index in [0.717, 1.165) is 36.8 Å². The fourth-order valence-corrected chi connectivity index (χ4v) is 2.56. The molecule has 0 aliphatic carbocycles. The lowest BCUT2D eigenvalue weighted by Crippen LogP contribution is -2.37. The molecule has 0 radical (unpaired) electrons. The van der Waals surface area contributed by atoms with Crippen molar-refractivity contribution in [2.45, 2.75) is 26.3 Å². The number of benzene rings is 1. The fraction of sp³-hybridized carbons (Fsp3) is 0.611. The van der Waals surface area contributed by atoms with E-state index in [2.05, 4.69) is 34.9 Å². The molecule has 24 heavy (non-hydrogen) atoms. The SMILES string of the molecule is CCNC(=NCc1cccc(OCCOC)c1)NCCCCSC. The average molecular weight is 354 g/mol. The van der Waals surface area contributed by atoms with Gasteiger partial charge in [0.25, 0.3) is 0 Å². The van der Waals surface area contributed by atoms with Gasteiger partial charge < -0.3 is 20.1 Å². The molecule has 0 fully saturated rings. The van der Waals surface area contributed by atoms with Gasteiger partial charge in [-0.3, -0.25) is 0 Å². The highest BCUT2D eigenvalue weighted by molar-refractivity contribution is 7.98. The lowest BCUT2D eigenvalue weighted by Gasteiger charge is -2.11. The molecule has 0 unspecified atom stereocenters. The molecule has 1 aromatic rings. The van der Waals surface area contributed by atoms with Gasteiger partial charge in [-0.2, -0.15) is 11.8 Å². The van der Waals surface area contributed by atoms with Crippen LogP contribution in [0.15, 0.2) is 29.3 Å². The molecule has 0 amide bonds. The summed E-state index contributed by atoms with van der Waals surface area (Å²) in [6, 6.07) is 8.05. The van der Waals surface area contributed by atoms with E-state index in [-0.39, 0.29) is 0 Å². The summed E-state index contributed by atoms with van der Waals surface area (Å²) < 4.78 is 10.6. The van der Waals surface area contributed by atoms with E-state index >= 15 is 0 Å². The van der Waals surface area contributed by atoms with Gasteiger partial charge in [-0.15, -0.1) is 0 Å². The molecule has 0 spiro atoms. The Morgan fingerprint density at radius 3 is 2.83 bits per heavy atom. The zero-order valence-corrected chi connectivity index (χ0v) is 16.0. The quantitative estimate of drug-likeness (QED) is 0.344. The normalized spacial score (nSPS) is 11.4. The molecule has 0 bridgehead atoms. The first-order valence-corrected chi connectivity index (χ1v) is 9.91. The van der Waals surface area contributed by atoms with Gasteiger partial charge in [-0.05, 0) is 49.5 Å². The van der Waals surface area contributed by atoms with Crippen LogP contribution in [0.3, 0.4) is 0 Å². The second kappa shape index (κ2) is 14.0. The Labute approximate surface area is 150 Å². The number of rotatable bonds is 12. The molecule has 0 saturated carbocycles. The van der Waals surface area contributed by atoms with Crippen LogP contribution in [0.4, 0.5) is 0 Å². The number of hydrogen-bond donors (Lipinski definition) is 2. The fourth-order valence-electron chi connectivity index (χ4n) is 2.07. The molecular formula is C18H31N3O2S.